The zero-order chi connectivity index (χ0) is 26.4. The highest BCUT2D eigenvalue weighted by Gasteiger charge is 2.30. The lowest BCUT2D eigenvalue weighted by Gasteiger charge is -2.35. The highest BCUT2D eigenvalue weighted by Crippen LogP contribution is 2.31. The van der Waals surface area contributed by atoms with Gasteiger partial charge < -0.3 is 15.1 Å². The van der Waals surface area contributed by atoms with Gasteiger partial charge in [-0.3, -0.25) is 4.79 Å². The summed E-state index contributed by atoms with van der Waals surface area (Å²) in [5, 5.41) is 5.51. The number of anilines is 1. The molecule has 0 spiro atoms. The number of rotatable bonds is 8. The Kier molecular flexibility index (Phi) is 9.46. The molecule has 1 N–H and O–H groups in total. The minimum Gasteiger partial charge on any atom is -0.332 e. The van der Waals surface area contributed by atoms with Gasteiger partial charge in [0.05, 0.1) is 22.3 Å². The minimum absolute atomic E-state index is 0.0601. The first-order chi connectivity index (χ1) is 17.8. The van der Waals surface area contributed by atoms with Gasteiger partial charge in [0, 0.05) is 17.5 Å². The fourth-order valence-electron chi connectivity index (χ4n) is 4.58. The van der Waals surface area contributed by atoms with Crippen LogP contribution in [0.3, 0.4) is 0 Å². The number of para-hydroxylation sites is 1. The highest BCUT2D eigenvalue weighted by molar-refractivity contribution is 7.10. The van der Waals surface area contributed by atoms with Crippen molar-refractivity contribution in [3.05, 3.63) is 85.8 Å². The molecule has 37 heavy (non-hydrogen) atoms. The van der Waals surface area contributed by atoms with Crippen molar-refractivity contribution in [2.24, 2.45) is 0 Å². The molecule has 1 aromatic heterocycles. The van der Waals surface area contributed by atoms with Gasteiger partial charge in [0.1, 0.15) is 12.4 Å². The number of nitrogens with zero attached hydrogens (tertiary/aromatic N) is 2. The van der Waals surface area contributed by atoms with Crippen molar-refractivity contribution >= 4 is 52.2 Å². The predicted octanol–water partition coefficient (Wildman–Crippen LogP) is 7.90. The number of hydrogen-bond acceptors (Lipinski definition) is 3. The molecular formula is C28H30Cl2FN3O2S. The Morgan fingerprint density at radius 2 is 1.68 bits per heavy atom. The number of nitrogens with one attached hydrogen (secondary N) is 1. The van der Waals surface area contributed by atoms with Gasteiger partial charge in [-0.15, -0.1) is 11.3 Å². The van der Waals surface area contributed by atoms with Crippen molar-refractivity contribution in [1.29, 1.82) is 0 Å². The van der Waals surface area contributed by atoms with Crippen LogP contribution in [0.4, 0.5) is 14.9 Å². The van der Waals surface area contributed by atoms with E-state index in [9.17, 15) is 14.0 Å². The summed E-state index contributed by atoms with van der Waals surface area (Å²) < 4.78 is 13.5. The Morgan fingerprint density at radius 1 is 1.00 bits per heavy atom. The summed E-state index contributed by atoms with van der Waals surface area (Å²) in [6.07, 6.45) is 4.79. The van der Waals surface area contributed by atoms with Gasteiger partial charge in [0.2, 0.25) is 5.91 Å². The maximum absolute atomic E-state index is 13.8. The summed E-state index contributed by atoms with van der Waals surface area (Å²) in [5.74, 6) is -0.503. The Hall–Kier alpha value is -2.61. The van der Waals surface area contributed by atoms with Crippen LogP contribution in [0.15, 0.2) is 53.9 Å². The molecule has 1 fully saturated rings. The van der Waals surface area contributed by atoms with Crippen molar-refractivity contribution in [3.63, 3.8) is 0 Å². The SMILES string of the molecule is Cc1ccsc1CN(Cc1ccc(F)cc1)C(=O)CN(C(=O)Nc1c(Cl)cccc1Cl)C1CCCCC1. The first kappa shape index (κ1) is 27.4. The number of hydrogen-bond donors (Lipinski definition) is 1. The van der Waals surface area contributed by atoms with Gasteiger partial charge in [0.25, 0.3) is 0 Å². The van der Waals surface area contributed by atoms with E-state index >= 15 is 0 Å². The lowest BCUT2D eigenvalue weighted by Crippen LogP contribution is -2.49. The normalized spacial score (nSPS) is 13.8. The van der Waals surface area contributed by atoms with E-state index in [1.54, 1.807) is 51.5 Å². The monoisotopic (exact) mass is 561 g/mol. The van der Waals surface area contributed by atoms with Crippen LogP contribution in [-0.2, 0) is 17.9 Å². The second kappa shape index (κ2) is 12.8. The first-order valence-corrected chi connectivity index (χ1v) is 14.0. The van der Waals surface area contributed by atoms with Gasteiger partial charge in [-0.25, -0.2) is 9.18 Å². The van der Waals surface area contributed by atoms with E-state index in [-0.39, 0.29) is 24.3 Å². The van der Waals surface area contributed by atoms with Crippen molar-refractivity contribution in [2.45, 2.75) is 58.2 Å². The zero-order valence-electron chi connectivity index (χ0n) is 20.7. The third-order valence-corrected chi connectivity index (χ3v) is 8.36. The molecule has 9 heteroatoms. The molecule has 3 aromatic rings. The number of amides is 3. The van der Waals surface area contributed by atoms with Gasteiger partial charge in [-0.05, 0) is 66.6 Å². The summed E-state index contributed by atoms with van der Waals surface area (Å²) >= 11 is 14.2. The lowest BCUT2D eigenvalue weighted by molar-refractivity contribution is -0.133. The zero-order valence-corrected chi connectivity index (χ0v) is 23.0. The Balaban J connectivity index is 1.58. The molecule has 0 unspecified atom stereocenters. The quantitative estimate of drug-likeness (QED) is 0.304. The summed E-state index contributed by atoms with van der Waals surface area (Å²) in [4.78, 5) is 31.7. The van der Waals surface area contributed by atoms with Crippen molar-refractivity contribution < 1.29 is 14.0 Å². The molecule has 0 aliphatic heterocycles. The number of aryl methyl sites for hydroxylation is 1. The van der Waals surface area contributed by atoms with E-state index in [1.165, 1.54) is 12.1 Å². The number of carbonyl (C=O) groups is 2. The smallest absolute Gasteiger partial charge is 0.322 e. The topological polar surface area (TPSA) is 52.7 Å². The minimum atomic E-state index is -0.399. The highest BCUT2D eigenvalue weighted by atomic mass is 35.5. The standard InChI is InChI=1S/C28H30Cl2FN3O2S/c1-19-14-15-37-25(19)17-33(16-20-10-12-21(31)13-11-20)26(35)18-34(22-6-3-2-4-7-22)28(36)32-27-23(29)8-5-9-24(27)30/h5,8-15,22H,2-4,6-7,16-18H2,1H3,(H,32,36). The Morgan fingerprint density at radius 3 is 2.30 bits per heavy atom. The fraction of sp³-hybridized carbons (Fsp3) is 0.357. The van der Waals surface area contributed by atoms with E-state index in [4.69, 9.17) is 23.2 Å². The number of carbonyl (C=O) groups excluding carboxylic acids is 2. The van der Waals surface area contributed by atoms with E-state index < -0.39 is 6.03 Å². The molecule has 4 rings (SSSR count). The van der Waals surface area contributed by atoms with E-state index in [0.717, 1.165) is 48.1 Å². The molecule has 5 nitrogen and oxygen atoms in total. The van der Waals surface area contributed by atoms with Crippen LogP contribution in [0.2, 0.25) is 10.0 Å². The maximum Gasteiger partial charge on any atom is 0.322 e. The average Bonchev–Trinajstić information content (AvgIpc) is 3.30. The van der Waals surface area contributed by atoms with Crippen LogP contribution in [0.1, 0.15) is 48.1 Å². The van der Waals surface area contributed by atoms with Gasteiger partial charge in [-0.2, -0.15) is 0 Å². The van der Waals surface area contributed by atoms with Gasteiger partial charge in [-0.1, -0.05) is 60.7 Å². The van der Waals surface area contributed by atoms with Crippen LogP contribution in [-0.4, -0.2) is 34.3 Å². The molecule has 0 bridgehead atoms. The van der Waals surface area contributed by atoms with E-state index in [2.05, 4.69) is 5.32 Å². The van der Waals surface area contributed by atoms with Crippen LogP contribution < -0.4 is 5.32 Å². The molecule has 3 amide bonds. The molecular weight excluding hydrogens is 532 g/mol. The Labute approximate surface area is 231 Å². The largest absolute Gasteiger partial charge is 0.332 e. The second-order valence-corrected chi connectivity index (χ2v) is 11.2. The summed E-state index contributed by atoms with van der Waals surface area (Å²) in [6.45, 7) is 2.66. The summed E-state index contributed by atoms with van der Waals surface area (Å²) in [6, 6.07) is 12.7. The first-order valence-electron chi connectivity index (χ1n) is 12.4. The molecule has 0 radical (unpaired) electrons. The molecule has 1 saturated carbocycles. The number of benzene rings is 2. The number of halogens is 3. The van der Waals surface area contributed by atoms with Crippen LogP contribution in [0.5, 0.6) is 0 Å². The third kappa shape index (κ3) is 7.24. The van der Waals surface area contributed by atoms with Crippen molar-refractivity contribution in [3.8, 4) is 0 Å². The van der Waals surface area contributed by atoms with Crippen LogP contribution in [0.25, 0.3) is 0 Å². The van der Waals surface area contributed by atoms with Crippen molar-refractivity contribution in [2.75, 3.05) is 11.9 Å². The van der Waals surface area contributed by atoms with E-state index in [0.29, 0.717) is 28.8 Å². The van der Waals surface area contributed by atoms with Gasteiger partial charge in [0.15, 0.2) is 0 Å². The molecule has 0 saturated heterocycles. The molecule has 1 aliphatic carbocycles. The number of urea groups is 1. The molecule has 1 heterocycles. The lowest BCUT2D eigenvalue weighted by atomic mass is 9.94. The maximum atomic E-state index is 13.8. The Bertz CT molecular complexity index is 1210. The molecule has 2 aromatic carbocycles. The van der Waals surface area contributed by atoms with Crippen LogP contribution in [0, 0.1) is 12.7 Å². The second-order valence-electron chi connectivity index (χ2n) is 9.35. The van der Waals surface area contributed by atoms with Gasteiger partial charge >= 0.3 is 6.03 Å². The summed E-state index contributed by atoms with van der Waals surface area (Å²) in [5.41, 5.74) is 2.26. The molecule has 196 valence electrons. The molecule has 1 aliphatic rings. The van der Waals surface area contributed by atoms with Crippen molar-refractivity contribution in [1.82, 2.24) is 9.80 Å². The average molecular weight is 563 g/mol. The molecule has 0 atom stereocenters. The number of thiophene rings is 1. The van der Waals surface area contributed by atoms with Crippen LogP contribution >= 0.6 is 34.5 Å². The third-order valence-electron chi connectivity index (χ3n) is 6.72. The summed E-state index contributed by atoms with van der Waals surface area (Å²) in [7, 11) is 0. The fourth-order valence-corrected chi connectivity index (χ4v) is 6.00. The van der Waals surface area contributed by atoms with E-state index in [1.807, 2.05) is 18.4 Å². The predicted molar refractivity (Wildman–Crippen MR) is 149 cm³/mol.